The predicted molar refractivity (Wildman–Crippen MR) is 73.6 cm³/mol. The van der Waals surface area contributed by atoms with E-state index in [1.807, 2.05) is 0 Å². The van der Waals surface area contributed by atoms with Crippen molar-refractivity contribution >= 4 is 5.91 Å². The van der Waals surface area contributed by atoms with Crippen LogP contribution in [0.25, 0.3) is 0 Å². The third kappa shape index (κ3) is 13.4. The second-order valence-electron chi connectivity index (χ2n) is 5.18. The molecule has 1 amide bonds. The molecule has 0 spiro atoms. The zero-order valence-corrected chi connectivity index (χ0v) is 11.8. The third-order valence-corrected chi connectivity index (χ3v) is 2.83. The van der Waals surface area contributed by atoms with Crippen molar-refractivity contribution in [1.29, 1.82) is 0 Å². The lowest BCUT2D eigenvalue weighted by molar-refractivity contribution is -0.122. The summed E-state index contributed by atoms with van der Waals surface area (Å²) in [6.45, 7) is 7.39. The first kappa shape index (κ1) is 16.4. The molecule has 0 atom stereocenters. The molecule has 0 radical (unpaired) electrons. The number of hydrogen-bond acceptors (Lipinski definition) is 2. The average Bonchev–Trinajstić information content (AvgIpc) is 2.30. The van der Waals surface area contributed by atoms with Crippen LogP contribution in [0.1, 0.15) is 72.1 Å². The first-order valence-corrected chi connectivity index (χ1v) is 7.18. The van der Waals surface area contributed by atoms with E-state index in [9.17, 15) is 4.79 Å². The number of hydrazine groups is 1. The van der Waals surface area contributed by atoms with E-state index in [0.29, 0.717) is 12.3 Å². The van der Waals surface area contributed by atoms with Gasteiger partial charge in [-0.1, -0.05) is 52.9 Å². The van der Waals surface area contributed by atoms with Crippen LogP contribution in [-0.4, -0.2) is 12.5 Å². The summed E-state index contributed by atoms with van der Waals surface area (Å²) < 4.78 is 0. The van der Waals surface area contributed by atoms with Crippen molar-refractivity contribution in [3.8, 4) is 0 Å². The Morgan fingerprint density at radius 3 is 2.35 bits per heavy atom. The van der Waals surface area contributed by atoms with E-state index in [1.54, 1.807) is 0 Å². The second kappa shape index (κ2) is 11.9. The number of amides is 1. The van der Waals surface area contributed by atoms with Gasteiger partial charge in [-0.05, 0) is 18.8 Å². The zero-order chi connectivity index (χ0) is 12.9. The minimum Gasteiger partial charge on any atom is -0.292 e. The van der Waals surface area contributed by atoms with Gasteiger partial charge in [-0.3, -0.25) is 10.2 Å². The van der Waals surface area contributed by atoms with Gasteiger partial charge in [0.05, 0.1) is 0 Å². The highest BCUT2D eigenvalue weighted by Crippen LogP contribution is 2.04. The highest BCUT2D eigenvalue weighted by molar-refractivity contribution is 5.75. The molecule has 0 saturated heterocycles. The first-order chi connectivity index (χ1) is 8.16. The number of carbonyl (C=O) groups excluding carboxylic acids is 1. The van der Waals surface area contributed by atoms with E-state index in [2.05, 4.69) is 31.6 Å². The zero-order valence-electron chi connectivity index (χ0n) is 11.8. The second-order valence-corrected chi connectivity index (χ2v) is 5.18. The molecule has 3 heteroatoms. The summed E-state index contributed by atoms with van der Waals surface area (Å²) in [4.78, 5) is 11.3. The van der Waals surface area contributed by atoms with Crippen molar-refractivity contribution in [2.45, 2.75) is 72.1 Å². The van der Waals surface area contributed by atoms with E-state index in [-0.39, 0.29) is 5.91 Å². The van der Waals surface area contributed by atoms with Crippen LogP contribution in [0.3, 0.4) is 0 Å². The number of nitrogens with one attached hydrogen (secondary N) is 2. The molecule has 0 aliphatic rings. The Labute approximate surface area is 107 Å². The van der Waals surface area contributed by atoms with Crippen molar-refractivity contribution in [1.82, 2.24) is 10.9 Å². The summed E-state index contributed by atoms with van der Waals surface area (Å²) >= 11 is 0. The van der Waals surface area contributed by atoms with E-state index in [4.69, 9.17) is 0 Å². The molecule has 0 saturated carbocycles. The molecule has 102 valence electrons. The van der Waals surface area contributed by atoms with Crippen LogP contribution in [0, 0.1) is 5.92 Å². The summed E-state index contributed by atoms with van der Waals surface area (Å²) in [5, 5.41) is 0. The molecule has 0 bridgehead atoms. The number of unbranched alkanes of at least 4 members (excludes halogenated alkanes) is 5. The van der Waals surface area contributed by atoms with E-state index in [1.165, 1.54) is 32.1 Å². The van der Waals surface area contributed by atoms with Crippen LogP contribution in [-0.2, 0) is 4.79 Å². The van der Waals surface area contributed by atoms with Crippen molar-refractivity contribution in [3.63, 3.8) is 0 Å². The topological polar surface area (TPSA) is 41.1 Å². The Morgan fingerprint density at radius 1 is 1.06 bits per heavy atom. The van der Waals surface area contributed by atoms with Gasteiger partial charge in [0.25, 0.3) is 0 Å². The molecule has 0 rings (SSSR count). The Bertz CT molecular complexity index is 181. The Kier molecular flexibility index (Phi) is 11.5. The smallest absolute Gasteiger partial charge is 0.234 e. The van der Waals surface area contributed by atoms with Gasteiger partial charge in [0, 0.05) is 13.0 Å². The summed E-state index contributed by atoms with van der Waals surface area (Å²) in [5.41, 5.74) is 5.75. The molecule has 2 N–H and O–H groups in total. The fraction of sp³-hybridized carbons (Fsp3) is 0.929. The lowest BCUT2D eigenvalue weighted by Gasteiger charge is -2.08. The van der Waals surface area contributed by atoms with Gasteiger partial charge in [-0.15, -0.1) is 0 Å². The minimum absolute atomic E-state index is 0.115. The SMILES string of the molecule is CCCCCCCCNNC(=O)CCC(C)C. The predicted octanol–water partition coefficient (Wildman–Crippen LogP) is 3.40. The maximum absolute atomic E-state index is 11.3. The molecule has 0 aromatic rings. The number of hydrogen-bond donors (Lipinski definition) is 2. The lowest BCUT2D eigenvalue weighted by atomic mass is 10.1. The molecule has 3 nitrogen and oxygen atoms in total. The summed E-state index contributed by atoms with van der Waals surface area (Å²) in [5.74, 6) is 0.712. The molecule has 0 aliphatic heterocycles. The van der Waals surface area contributed by atoms with E-state index < -0.39 is 0 Å². The van der Waals surface area contributed by atoms with Crippen molar-refractivity contribution in [2.24, 2.45) is 5.92 Å². The molecule has 17 heavy (non-hydrogen) atoms. The van der Waals surface area contributed by atoms with Crippen molar-refractivity contribution in [3.05, 3.63) is 0 Å². The maximum Gasteiger partial charge on any atom is 0.234 e. The van der Waals surface area contributed by atoms with Gasteiger partial charge in [0.2, 0.25) is 5.91 Å². The van der Waals surface area contributed by atoms with Gasteiger partial charge in [0.15, 0.2) is 0 Å². The van der Waals surface area contributed by atoms with Gasteiger partial charge in [-0.2, -0.15) is 0 Å². The van der Waals surface area contributed by atoms with Crippen LogP contribution in [0.4, 0.5) is 0 Å². The Morgan fingerprint density at radius 2 is 1.71 bits per heavy atom. The molecule has 0 aliphatic carbocycles. The normalized spacial score (nSPS) is 10.8. The largest absolute Gasteiger partial charge is 0.292 e. The molecule has 0 aromatic heterocycles. The lowest BCUT2D eigenvalue weighted by Crippen LogP contribution is -2.37. The van der Waals surface area contributed by atoms with Crippen LogP contribution in [0.15, 0.2) is 0 Å². The van der Waals surface area contributed by atoms with Crippen LogP contribution >= 0.6 is 0 Å². The number of carbonyl (C=O) groups is 1. The van der Waals surface area contributed by atoms with E-state index in [0.717, 1.165) is 19.4 Å². The molecular formula is C14H30N2O. The monoisotopic (exact) mass is 242 g/mol. The first-order valence-electron chi connectivity index (χ1n) is 7.18. The Hall–Kier alpha value is -0.570. The third-order valence-electron chi connectivity index (χ3n) is 2.83. The van der Waals surface area contributed by atoms with Crippen molar-refractivity contribution < 1.29 is 4.79 Å². The van der Waals surface area contributed by atoms with Gasteiger partial charge in [-0.25, -0.2) is 5.43 Å². The highest BCUT2D eigenvalue weighted by atomic mass is 16.2. The summed E-state index contributed by atoms with van der Waals surface area (Å²) in [7, 11) is 0. The van der Waals surface area contributed by atoms with Gasteiger partial charge < -0.3 is 0 Å². The molecule has 0 heterocycles. The average molecular weight is 242 g/mol. The van der Waals surface area contributed by atoms with Crippen LogP contribution < -0.4 is 10.9 Å². The quantitative estimate of drug-likeness (QED) is 0.430. The highest BCUT2D eigenvalue weighted by Gasteiger charge is 2.01. The van der Waals surface area contributed by atoms with Crippen molar-refractivity contribution in [2.75, 3.05) is 6.54 Å². The number of rotatable bonds is 11. The van der Waals surface area contributed by atoms with E-state index >= 15 is 0 Å². The molecule has 0 unspecified atom stereocenters. The maximum atomic E-state index is 11.3. The van der Waals surface area contributed by atoms with Crippen LogP contribution in [0.5, 0.6) is 0 Å². The molecule has 0 fully saturated rings. The fourth-order valence-electron chi connectivity index (χ4n) is 1.64. The van der Waals surface area contributed by atoms with Gasteiger partial charge >= 0.3 is 0 Å². The standard InChI is InChI=1S/C14H30N2O/c1-4-5-6-7-8-9-12-15-16-14(17)11-10-13(2)3/h13,15H,4-12H2,1-3H3,(H,16,17). The summed E-state index contributed by atoms with van der Waals surface area (Å²) in [6, 6.07) is 0. The molecular weight excluding hydrogens is 212 g/mol. The fourth-order valence-corrected chi connectivity index (χ4v) is 1.64. The minimum atomic E-state index is 0.115. The summed E-state index contributed by atoms with van der Waals surface area (Å²) in [6.07, 6.45) is 9.30. The van der Waals surface area contributed by atoms with Crippen LogP contribution in [0.2, 0.25) is 0 Å². The molecule has 0 aromatic carbocycles. The van der Waals surface area contributed by atoms with Gasteiger partial charge in [0.1, 0.15) is 0 Å². The Balaban J connectivity index is 3.14.